The van der Waals surface area contributed by atoms with Crippen molar-refractivity contribution in [2.75, 3.05) is 0 Å². The number of hydrogen-bond donors (Lipinski definition) is 0. The second kappa shape index (κ2) is 5.97. The fourth-order valence-electron chi connectivity index (χ4n) is 0.726. The molecule has 0 aliphatic rings. The molecule has 1 aromatic rings. The van der Waals surface area contributed by atoms with Gasteiger partial charge in [0.15, 0.2) is 0 Å². The predicted molar refractivity (Wildman–Crippen MR) is 40.5 cm³/mol. The first-order valence-corrected chi connectivity index (χ1v) is 2.84. The molecule has 11 heavy (non-hydrogen) atoms. The molecular formula is C8H8BrFMg. The summed E-state index contributed by atoms with van der Waals surface area (Å²) in [7, 11) is 0. The summed E-state index contributed by atoms with van der Waals surface area (Å²) < 4.78 is 12.5. The van der Waals surface area contributed by atoms with Crippen molar-refractivity contribution in [2.45, 2.75) is 13.8 Å². The maximum atomic E-state index is 12.5. The Bertz CT molecular complexity index is 225. The summed E-state index contributed by atoms with van der Waals surface area (Å²) in [6, 6.07) is 5.90. The van der Waals surface area contributed by atoms with Crippen LogP contribution in [0.15, 0.2) is 12.1 Å². The van der Waals surface area contributed by atoms with Gasteiger partial charge in [0.2, 0.25) is 0 Å². The molecule has 0 nitrogen and oxygen atoms in total. The van der Waals surface area contributed by atoms with Crippen LogP contribution in [-0.2, 0) is 0 Å². The number of hydrogen-bond acceptors (Lipinski definition) is 0. The summed E-state index contributed by atoms with van der Waals surface area (Å²) in [5.41, 5.74) is 1.67. The molecule has 0 aliphatic carbocycles. The normalized spacial score (nSPS) is 7.91. The van der Waals surface area contributed by atoms with E-state index in [1.807, 2.05) is 6.92 Å². The molecule has 0 aromatic heterocycles. The van der Waals surface area contributed by atoms with Gasteiger partial charge >= 0.3 is 23.1 Å². The smallest absolute Gasteiger partial charge is 1.00 e. The van der Waals surface area contributed by atoms with Gasteiger partial charge in [-0.15, -0.1) is 11.6 Å². The minimum atomic E-state index is -0.180. The summed E-state index contributed by atoms with van der Waals surface area (Å²) in [4.78, 5) is 0. The average Bonchev–Trinajstić information content (AvgIpc) is 1.80. The SMILES string of the molecule is Cc1[c-]cc(F)c(C)c1.[Br-].[Mg+2]. The summed E-state index contributed by atoms with van der Waals surface area (Å²) in [5, 5.41) is 0. The van der Waals surface area contributed by atoms with Crippen molar-refractivity contribution in [3.8, 4) is 0 Å². The van der Waals surface area contributed by atoms with Gasteiger partial charge in [-0.1, -0.05) is 13.8 Å². The minimum Gasteiger partial charge on any atom is -1.00 e. The van der Waals surface area contributed by atoms with E-state index >= 15 is 0 Å². The second-order valence-electron chi connectivity index (χ2n) is 2.15. The Hall–Kier alpha value is 0.396. The van der Waals surface area contributed by atoms with E-state index in [9.17, 15) is 4.39 Å². The van der Waals surface area contributed by atoms with E-state index in [2.05, 4.69) is 6.07 Å². The Kier molecular flexibility index (Phi) is 7.58. The molecule has 0 bridgehead atoms. The van der Waals surface area contributed by atoms with Gasteiger partial charge in [0.05, 0.1) is 0 Å². The molecular weight excluding hydrogens is 219 g/mol. The Labute approximate surface area is 93.1 Å². The standard InChI is InChI=1S/C8H8F.BrH.Mg/c1-6-3-4-8(9)7(2)5-6;;/h4-5H,1-2H3;1H;/q-1;;+2/p-1. The number of benzene rings is 1. The van der Waals surface area contributed by atoms with Crippen LogP contribution >= 0.6 is 0 Å². The van der Waals surface area contributed by atoms with Crippen molar-refractivity contribution in [1.82, 2.24) is 0 Å². The number of halogens is 2. The largest absolute Gasteiger partial charge is 2.00 e. The minimum absolute atomic E-state index is 0. The maximum Gasteiger partial charge on any atom is 2.00 e. The first kappa shape index (κ1) is 14.0. The fraction of sp³-hybridized carbons (Fsp3) is 0.250. The van der Waals surface area contributed by atoms with Crippen molar-refractivity contribution < 1.29 is 21.4 Å². The fourth-order valence-corrected chi connectivity index (χ4v) is 0.726. The molecule has 0 radical (unpaired) electrons. The van der Waals surface area contributed by atoms with Crippen LogP contribution in [0.4, 0.5) is 4.39 Å². The zero-order valence-electron chi connectivity index (χ0n) is 6.62. The molecule has 0 aliphatic heterocycles. The molecule has 0 amide bonds. The van der Waals surface area contributed by atoms with Gasteiger partial charge in [0.1, 0.15) is 0 Å². The first-order valence-electron chi connectivity index (χ1n) is 2.84. The summed E-state index contributed by atoms with van der Waals surface area (Å²) in [6.07, 6.45) is 0. The van der Waals surface area contributed by atoms with Crippen molar-refractivity contribution in [3.05, 3.63) is 35.1 Å². The summed E-state index contributed by atoms with van der Waals surface area (Å²) in [6.45, 7) is 3.64. The van der Waals surface area contributed by atoms with E-state index in [1.165, 1.54) is 6.07 Å². The zero-order chi connectivity index (χ0) is 6.85. The Balaban J connectivity index is 0. The quantitative estimate of drug-likeness (QED) is 0.388. The molecule has 1 rings (SSSR count). The zero-order valence-corrected chi connectivity index (χ0v) is 9.62. The van der Waals surface area contributed by atoms with E-state index < -0.39 is 0 Å². The molecule has 0 N–H and O–H groups in total. The van der Waals surface area contributed by atoms with E-state index in [4.69, 9.17) is 0 Å². The summed E-state index contributed by atoms with van der Waals surface area (Å²) in [5.74, 6) is -0.180. The second-order valence-corrected chi connectivity index (χ2v) is 2.15. The van der Waals surface area contributed by atoms with Crippen LogP contribution in [-0.4, -0.2) is 23.1 Å². The monoisotopic (exact) mass is 226 g/mol. The predicted octanol–water partition coefficient (Wildman–Crippen LogP) is -1.13. The molecule has 3 heteroatoms. The van der Waals surface area contributed by atoms with Gasteiger partial charge in [-0.25, -0.2) is 0 Å². The molecule has 0 saturated heterocycles. The van der Waals surface area contributed by atoms with Crippen LogP contribution in [0.1, 0.15) is 11.1 Å². The van der Waals surface area contributed by atoms with Crippen LogP contribution in [0.5, 0.6) is 0 Å². The van der Waals surface area contributed by atoms with Gasteiger partial charge in [-0.2, -0.15) is 17.7 Å². The number of aryl methyl sites for hydroxylation is 2. The van der Waals surface area contributed by atoms with E-state index in [1.54, 1.807) is 13.0 Å². The van der Waals surface area contributed by atoms with Crippen molar-refractivity contribution in [3.63, 3.8) is 0 Å². The van der Waals surface area contributed by atoms with E-state index in [0.717, 1.165) is 5.56 Å². The van der Waals surface area contributed by atoms with Gasteiger partial charge < -0.3 is 17.0 Å². The van der Waals surface area contributed by atoms with Crippen molar-refractivity contribution in [1.29, 1.82) is 0 Å². The average molecular weight is 227 g/mol. The van der Waals surface area contributed by atoms with Crippen LogP contribution in [0, 0.1) is 25.7 Å². The molecule has 56 valence electrons. The number of rotatable bonds is 0. The third kappa shape index (κ3) is 4.08. The Morgan fingerprint density at radius 2 is 1.91 bits per heavy atom. The molecule has 0 heterocycles. The van der Waals surface area contributed by atoms with E-state index in [-0.39, 0.29) is 45.9 Å². The van der Waals surface area contributed by atoms with Gasteiger partial charge in [0, 0.05) is 5.82 Å². The van der Waals surface area contributed by atoms with Gasteiger partial charge in [-0.3, -0.25) is 4.39 Å². The molecule has 0 atom stereocenters. The molecule has 0 saturated carbocycles. The Morgan fingerprint density at radius 3 is 2.27 bits per heavy atom. The van der Waals surface area contributed by atoms with E-state index in [0.29, 0.717) is 5.56 Å². The first-order chi connectivity index (χ1) is 4.20. The van der Waals surface area contributed by atoms with Crippen molar-refractivity contribution >= 4 is 23.1 Å². The maximum absolute atomic E-state index is 12.5. The third-order valence-corrected chi connectivity index (χ3v) is 1.24. The third-order valence-electron chi connectivity index (χ3n) is 1.24. The van der Waals surface area contributed by atoms with Gasteiger partial charge in [-0.05, 0) is 0 Å². The summed E-state index contributed by atoms with van der Waals surface area (Å²) >= 11 is 0. The van der Waals surface area contributed by atoms with Crippen LogP contribution < -0.4 is 17.0 Å². The van der Waals surface area contributed by atoms with Crippen molar-refractivity contribution in [2.24, 2.45) is 0 Å². The van der Waals surface area contributed by atoms with Crippen LogP contribution in [0.2, 0.25) is 0 Å². The van der Waals surface area contributed by atoms with Crippen LogP contribution in [0.3, 0.4) is 0 Å². The molecule has 0 unspecified atom stereocenters. The molecule has 0 spiro atoms. The molecule has 1 aromatic carbocycles. The Morgan fingerprint density at radius 1 is 1.36 bits per heavy atom. The van der Waals surface area contributed by atoms with Crippen LogP contribution in [0.25, 0.3) is 0 Å². The molecule has 0 fully saturated rings. The topological polar surface area (TPSA) is 0 Å². The van der Waals surface area contributed by atoms with Gasteiger partial charge in [0.25, 0.3) is 0 Å².